The number of carbonyl (C=O) groups is 5. The molecule has 1 heterocycles. The average molecular weight is 482 g/mol. The Bertz CT molecular complexity index is 1110. The predicted octanol–water partition coefficient (Wildman–Crippen LogP) is 2.24. The third-order valence-corrected chi connectivity index (χ3v) is 5.16. The first-order valence-electron chi connectivity index (χ1n) is 11.2. The van der Waals surface area contributed by atoms with E-state index in [1.54, 1.807) is 18.2 Å². The molecule has 0 aromatic heterocycles. The number of anilines is 1. The van der Waals surface area contributed by atoms with Crippen LogP contribution in [0.2, 0.25) is 0 Å². The minimum atomic E-state index is -0.804. The van der Waals surface area contributed by atoms with Crippen molar-refractivity contribution in [3.05, 3.63) is 65.2 Å². The van der Waals surface area contributed by atoms with Gasteiger partial charge in [-0.05, 0) is 49.7 Å². The van der Waals surface area contributed by atoms with Crippen molar-refractivity contribution in [3.63, 3.8) is 0 Å². The summed E-state index contributed by atoms with van der Waals surface area (Å²) >= 11 is 0. The number of benzene rings is 2. The summed E-state index contributed by atoms with van der Waals surface area (Å²) in [5.41, 5.74) is 4.57. The largest absolute Gasteiger partial charge is 0.462 e. The summed E-state index contributed by atoms with van der Waals surface area (Å²) in [5.74, 6) is -3.42. The highest BCUT2D eigenvalue weighted by Gasteiger charge is 2.36. The Kier molecular flexibility index (Phi) is 8.55. The second kappa shape index (κ2) is 11.8. The first-order chi connectivity index (χ1) is 16.8. The van der Waals surface area contributed by atoms with Gasteiger partial charge < -0.3 is 14.8 Å². The molecule has 10 heteroatoms. The first-order valence-corrected chi connectivity index (χ1v) is 11.2. The first kappa shape index (κ1) is 25.4. The monoisotopic (exact) mass is 481 g/mol. The Morgan fingerprint density at radius 2 is 1.77 bits per heavy atom. The molecule has 35 heavy (non-hydrogen) atoms. The smallest absolute Gasteiger partial charge is 0.338 e. The standard InChI is InChI=1S/C25H27N3O7/c1-3-11-34-24(32)17-7-9-20(10-8-17)26-21(29)15-35-25(33)19-13-22(30)28(14-19)27-23(31)18-6-4-5-16(2)12-18/h4-10,12,19H,3,11,13-15H2,1-2H3,(H,26,29)(H,27,31)/t19-/m1/s1. The maximum Gasteiger partial charge on any atom is 0.338 e. The van der Waals surface area contributed by atoms with Crippen molar-refractivity contribution < 1.29 is 33.4 Å². The molecule has 0 unspecified atom stereocenters. The fourth-order valence-electron chi connectivity index (χ4n) is 3.37. The third-order valence-electron chi connectivity index (χ3n) is 5.16. The minimum Gasteiger partial charge on any atom is -0.462 e. The number of ether oxygens (including phenoxy) is 2. The maximum absolute atomic E-state index is 12.4. The van der Waals surface area contributed by atoms with E-state index in [-0.39, 0.29) is 13.0 Å². The molecule has 1 aliphatic heterocycles. The lowest BCUT2D eigenvalue weighted by molar-refractivity contribution is -0.151. The van der Waals surface area contributed by atoms with Crippen LogP contribution >= 0.6 is 0 Å². The molecule has 3 amide bonds. The van der Waals surface area contributed by atoms with Gasteiger partial charge in [0.1, 0.15) is 0 Å². The number of rotatable bonds is 9. The molecule has 184 valence electrons. The maximum atomic E-state index is 12.4. The topological polar surface area (TPSA) is 131 Å². The summed E-state index contributed by atoms with van der Waals surface area (Å²) in [6, 6.07) is 13.0. The quantitative estimate of drug-likeness (QED) is 0.525. The van der Waals surface area contributed by atoms with E-state index in [0.29, 0.717) is 29.8 Å². The number of hydrazine groups is 1. The summed E-state index contributed by atoms with van der Waals surface area (Å²) in [4.78, 5) is 60.9. The van der Waals surface area contributed by atoms with Crippen LogP contribution in [-0.2, 0) is 23.9 Å². The van der Waals surface area contributed by atoms with Gasteiger partial charge in [-0.25, -0.2) is 4.79 Å². The van der Waals surface area contributed by atoms with Crippen LogP contribution in [0.4, 0.5) is 5.69 Å². The molecule has 0 saturated carbocycles. The van der Waals surface area contributed by atoms with Gasteiger partial charge in [-0.2, -0.15) is 0 Å². The van der Waals surface area contributed by atoms with Crippen molar-refractivity contribution in [3.8, 4) is 0 Å². The molecule has 1 atom stereocenters. The van der Waals surface area contributed by atoms with Gasteiger partial charge in [0, 0.05) is 17.7 Å². The van der Waals surface area contributed by atoms with Crippen molar-refractivity contribution >= 4 is 35.3 Å². The highest BCUT2D eigenvalue weighted by Crippen LogP contribution is 2.18. The highest BCUT2D eigenvalue weighted by atomic mass is 16.5. The molecule has 0 spiro atoms. The van der Waals surface area contributed by atoms with Crippen LogP contribution in [-0.4, -0.2) is 54.4 Å². The van der Waals surface area contributed by atoms with Crippen molar-refractivity contribution in [2.45, 2.75) is 26.7 Å². The zero-order valence-corrected chi connectivity index (χ0v) is 19.5. The van der Waals surface area contributed by atoms with Crippen LogP contribution in [0.1, 0.15) is 46.0 Å². The van der Waals surface area contributed by atoms with Crippen molar-refractivity contribution in [1.29, 1.82) is 0 Å². The number of nitrogens with zero attached hydrogens (tertiary/aromatic N) is 1. The molecule has 0 radical (unpaired) electrons. The third kappa shape index (κ3) is 7.13. The van der Waals surface area contributed by atoms with E-state index in [9.17, 15) is 24.0 Å². The Hall–Kier alpha value is -4.21. The van der Waals surface area contributed by atoms with E-state index >= 15 is 0 Å². The van der Waals surface area contributed by atoms with Gasteiger partial charge in [0.25, 0.3) is 11.8 Å². The molecular formula is C25H27N3O7. The number of hydrogen-bond acceptors (Lipinski definition) is 7. The molecule has 2 N–H and O–H groups in total. The van der Waals surface area contributed by atoms with Crippen LogP contribution in [0.5, 0.6) is 0 Å². The average Bonchev–Trinajstić information content (AvgIpc) is 3.21. The lowest BCUT2D eigenvalue weighted by atomic mass is 10.1. The summed E-state index contributed by atoms with van der Waals surface area (Å²) in [6.45, 7) is 3.47. The number of nitrogens with one attached hydrogen (secondary N) is 2. The van der Waals surface area contributed by atoms with Gasteiger partial charge >= 0.3 is 11.9 Å². The van der Waals surface area contributed by atoms with Gasteiger partial charge in [-0.15, -0.1) is 0 Å². The number of hydrogen-bond donors (Lipinski definition) is 2. The number of carbonyl (C=O) groups excluding carboxylic acids is 5. The van der Waals surface area contributed by atoms with Gasteiger partial charge in [-0.3, -0.25) is 29.6 Å². The van der Waals surface area contributed by atoms with Crippen LogP contribution in [0, 0.1) is 12.8 Å². The molecule has 2 aromatic rings. The molecule has 0 bridgehead atoms. The molecule has 2 aromatic carbocycles. The molecule has 3 rings (SSSR count). The van der Waals surface area contributed by atoms with E-state index in [2.05, 4.69) is 10.7 Å². The number of aryl methyl sites for hydroxylation is 1. The van der Waals surface area contributed by atoms with Gasteiger partial charge in [0.2, 0.25) is 5.91 Å². The molecular weight excluding hydrogens is 454 g/mol. The normalized spacial score (nSPS) is 14.9. The number of esters is 2. The van der Waals surface area contributed by atoms with Gasteiger partial charge in [0.05, 0.1) is 24.6 Å². The van der Waals surface area contributed by atoms with Crippen molar-refractivity contribution in [2.75, 3.05) is 25.1 Å². The predicted molar refractivity (Wildman–Crippen MR) is 125 cm³/mol. The van der Waals surface area contributed by atoms with Crippen LogP contribution in [0.25, 0.3) is 0 Å². The zero-order chi connectivity index (χ0) is 25.4. The van der Waals surface area contributed by atoms with E-state index in [1.807, 2.05) is 19.9 Å². The van der Waals surface area contributed by atoms with Gasteiger partial charge in [-0.1, -0.05) is 24.6 Å². The van der Waals surface area contributed by atoms with Crippen molar-refractivity contribution in [2.24, 2.45) is 5.92 Å². The second-order valence-electron chi connectivity index (χ2n) is 8.08. The Morgan fingerprint density at radius 1 is 1.03 bits per heavy atom. The van der Waals surface area contributed by atoms with E-state index in [4.69, 9.17) is 9.47 Å². The number of amides is 3. The van der Waals surface area contributed by atoms with Crippen LogP contribution in [0.15, 0.2) is 48.5 Å². The fraction of sp³-hybridized carbons (Fsp3) is 0.320. The molecule has 1 fully saturated rings. The fourth-order valence-corrected chi connectivity index (χ4v) is 3.37. The lowest BCUT2D eigenvalue weighted by Gasteiger charge is -2.17. The Labute approximate surface area is 202 Å². The molecule has 10 nitrogen and oxygen atoms in total. The highest BCUT2D eigenvalue weighted by molar-refractivity contribution is 5.97. The summed E-state index contributed by atoms with van der Waals surface area (Å²) in [6.07, 6.45) is 0.581. The molecule has 1 aliphatic rings. The van der Waals surface area contributed by atoms with Gasteiger partial charge in [0.15, 0.2) is 6.61 Å². The Balaban J connectivity index is 1.44. The second-order valence-corrected chi connectivity index (χ2v) is 8.08. The summed E-state index contributed by atoms with van der Waals surface area (Å²) in [5, 5.41) is 3.65. The van der Waals surface area contributed by atoms with Crippen LogP contribution in [0.3, 0.4) is 0 Å². The Morgan fingerprint density at radius 3 is 2.46 bits per heavy atom. The van der Waals surface area contributed by atoms with Crippen LogP contribution < -0.4 is 10.7 Å². The van der Waals surface area contributed by atoms with E-state index in [1.165, 1.54) is 24.3 Å². The molecule has 0 aliphatic carbocycles. The van der Waals surface area contributed by atoms with E-state index in [0.717, 1.165) is 10.6 Å². The summed E-state index contributed by atoms with van der Waals surface area (Å²) < 4.78 is 10.1. The lowest BCUT2D eigenvalue weighted by Crippen LogP contribution is -2.43. The van der Waals surface area contributed by atoms with Crippen molar-refractivity contribution in [1.82, 2.24) is 10.4 Å². The zero-order valence-electron chi connectivity index (χ0n) is 19.5. The molecule has 1 saturated heterocycles. The summed E-state index contributed by atoms with van der Waals surface area (Å²) in [7, 11) is 0. The minimum absolute atomic E-state index is 0.0492. The SMILES string of the molecule is CCCOC(=O)c1ccc(NC(=O)COC(=O)[C@@H]2CC(=O)N(NC(=O)c3cccc(C)c3)C2)cc1. The van der Waals surface area contributed by atoms with E-state index < -0.39 is 42.2 Å².